The molecule has 2 aliphatic carbocycles. The Morgan fingerprint density at radius 2 is 1.60 bits per heavy atom. The summed E-state index contributed by atoms with van der Waals surface area (Å²) in [5.74, 6) is -7.82. The molecule has 0 spiro atoms. The molecule has 1 fully saturated rings. The molecule has 386 valence electrons. The molecule has 2 aliphatic rings. The van der Waals surface area contributed by atoms with E-state index in [1.54, 1.807) is 4.72 Å². The molecular weight excluding hydrogens is 1050 g/mol. The molecule has 72 heavy (non-hydrogen) atoms. The number of carboxylic acid groups (broad SMARTS) is 1. The van der Waals surface area contributed by atoms with Crippen LogP contribution >= 0.6 is 11.6 Å². The van der Waals surface area contributed by atoms with Crippen LogP contribution in [0.15, 0.2) is 42.5 Å². The van der Waals surface area contributed by atoms with Crippen molar-refractivity contribution in [2.75, 3.05) is 19.8 Å². The van der Waals surface area contributed by atoms with Crippen molar-refractivity contribution in [1.82, 2.24) is 39.5 Å². The molecule has 0 aliphatic heterocycles. The molecule has 3 atom stereocenters. The number of aromatic nitrogens is 5. The SMILES string of the molecule is CN(CC(=O)NS(=O)(=O)Cc1nn(CC(F)(F)F)c2c(-c3ccc(C#CC(C)(C)S(C)(=O)=O)nc3[C@H](Cc3cc(F)cc(F)c3)NC(=O)Cn3nc(C(F)(F)F)c4c3C(F)(F)[C@@H]3C[C@H]43)ccc(Cl)c12)C(=O)O. The second kappa shape index (κ2) is 18.5. The summed E-state index contributed by atoms with van der Waals surface area (Å²) in [6, 6.07) is 4.77. The molecule has 0 saturated heterocycles. The molecular formula is C43H37ClF10N8O8S2. The van der Waals surface area contributed by atoms with Gasteiger partial charge < -0.3 is 15.3 Å². The van der Waals surface area contributed by atoms with Gasteiger partial charge in [0, 0.05) is 47.4 Å². The summed E-state index contributed by atoms with van der Waals surface area (Å²) < 4.78 is 198. The molecule has 0 radical (unpaired) electrons. The Bertz CT molecular complexity index is 3350. The van der Waals surface area contributed by atoms with Crippen LogP contribution in [0, 0.1) is 29.4 Å². The average molecular weight is 1080 g/mol. The minimum absolute atomic E-state index is 0.183. The average Bonchev–Trinajstić information content (AvgIpc) is 3.75. The number of hydrogen-bond acceptors (Lipinski definition) is 10. The summed E-state index contributed by atoms with van der Waals surface area (Å²) in [4.78, 5) is 42.7. The van der Waals surface area contributed by atoms with Crippen LogP contribution in [0.3, 0.4) is 0 Å². The topological polar surface area (TPSA) is 216 Å². The van der Waals surface area contributed by atoms with Crippen molar-refractivity contribution in [3.8, 4) is 23.0 Å². The number of benzene rings is 2. The highest BCUT2D eigenvalue weighted by Gasteiger charge is 2.68. The number of carbonyl (C=O) groups excluding carboxylic acids is 2. The lowest BCUT2D eigenvalue weighted by Gasteiger charge is -2.23. The van der Waals surface area contributed by atoms with Gasteiger partial charge in [0.1, 0.15) is 53.2 Å². The maximum absolute atomic E-state index is 15.6. The van der Waals surface area contributed by atoms with Gasteiger partial charge in [-0.1, -0.05) is 23.6 Å². The number of nitrogens with zero attached hydrogens (tertiary/aromatic N) is 6. The Kier molecular flexibility index (Phi) is 13.7. The van der Waals surface area contributed by atoms with Gasteiger partial charge in [0.2, 0.25) is 15.9 Å². The van der Waals surface area contributed by atoms with E-state index in [4.69, 9.17) is 16.7 Å². The number of halogens is 11. The summed E-state index contributed by atoms with van der Waals surface area (Å²) in [6.45, 7) is -1.78. The van der Waals surface area contributed by atoms with Gasteiger partial charge in [-0.25, -0.2) is 35.4 Å². The fraction of sp³-hybridized carbons (Fsp3) is 0.395. The predicted octanol–water partition coefficient (Wildman–Crippen LogP) is 6.85. The normalized spacial score (nSPS) is 16.9. The summed E-state index contributed by atoms with van der Waals surface area (Å²) in [7, 11) is -7.88. The van der Waals surface area contributed by atoms with E-state index in [1.165, 1.54) is 13.8 Å². The predicted molar refractivity (Wildman–Crippen MR) is 234 cm³/mol. The van der Waals surface area contributed by atoms with Crippen LogP contribution in [0.25, 0.3) is 22.0 Å². The van der Waals surface area contributed by atoms with Crippen LogP contribution in [0.5, 0.6) is 0 Å². The van der Waals surface area contributed by atoms with Gasteiger partial charge in [0.15, 0.2) is 15.5 Å². The number of alkyl halides is 8. The highest BCUT2D eigenvalue weighted by molar-refractivity contribution is 7.92. The molecule has 2 aromatic carbocycles. The van der Waals surface area contributed by atoms with E-state index < -0.39 is 166 Å². The minimum atomic E-state index is -5.23. The fourth-order valence-electron chi connectivity index (χ4n) is 8.16. The first kappa shape index (κ1) is 53.3. The lowest BCUT2D eigenvalue weighted by atomic mass is 9.93. The minimum Gasteiger partial charge on any atom is -0.465 e. The van der Waals surface area contributed by atoms with Gasteiger partial charge in [-0.2, -0.15) is 45.3 Å². The monoisotopic (exact) mass is 1080 g/mol. The highest BCUT2D eigenvalue weighted by atomic mass is 35.5. The summed E-state index contributed by atoms with van der Waals surface area (Å²) in [5, 5.41) is 17.9. The zero-order valence-corrected chi connectivity index (χ0v) is 39.9. The number of nitrogens with one attached hydrogen (secondary N) is 2. The maximum Gasteiger partial charge on any atom is 0.435 e. The van der Waals surface area contributed by atoms with E-state index >= 15 is 8.78 Å². The quantitative estimate of drug-likeness (QED) is 0.0773. The van der Waals surface area contributed by atoms with Gasteiger partial charge in [0.05, 0.1) is 28.0 Å². The van der Waals surface area contributed by atoms with Crippen LogP contribution in [0.2, 0.25) is 5.02 Å². The number of amides is 3. The lowest BCUT2D eigenvalue weighted by molar-refractivity contribution is -0.143. The Labute approximate surface area is 406 Å². The van der Waals surface area contributed by atoms with Gasteiger partial charge in [-0.15, -0.1) is 0 Å². The molecule has 16 nitrogen and oxygen atoms in total. The molecule has 7 rings (SSSR count). The molecule has 0 unspecified atom stereocenters. The molecule has 3 heterocycles. The molecule has 0 bridgehead atoms. The van der Waals surface area contributed by atoms with Crippen molar-refractivity contribution in [2.24, 2.45) is 5.92 Å². The van der Waals surface area contributed by atoms with E-state index in [-0.39, 0.29) is 33.5 Å². The standard InChI is InChI=1S/C43H37ClF10N8O8S2/c1-40(2,71(4,67)68)10-9-23-5-6-24(25-7-8-28(44)34-30(57-62(36(25)34)19-41(47,48)49)18-72(69,70)59-32(64)16-60(3)39(65)66)35(55-23)29(13-20-11-21(45)14-22(46)12-20)56-31(63)17-61-38-33(37(58-61)43(52,53)54)26-15-27(26)42(38,50)51/h5-8,11-12,14,26-27,29H,13,15-19H2,1-4H3,(H,56,63)(H,59,64)(H,65,66)/t26-,27+,29-/m0/s1. The fourth-order valence-corrected chi connectivity index (χ4v) is 9.70. The summed E-state index contributed by atoms with van der Waals surface area (Å²) >= 11 is 6.55. The number of sulfonamides is 1. The first-order chi connectivity index (χ1) is 33.1. The van der Waals surface area contributed by atoms with Crippen molar-refractivity contribution >= 4 is 60.3 Å². The molecule has 3 amide bonds. The number of likely N-dealkylation sites (N-methyl/N-ethyl adjacent to an activating group) is 1. The number of rotatable bonds is 14. The van der Waals surface area contributed by atoms with Gasteiger partial charge >= 0.3 is 18.4 Å². The van der Waals surface area contributed by atoms with Crippen molar-refractivity contribution < 1.29 is 80.2 Å². The number of hydrogen-bond donors (Lipinski definition) is 3. The number of pyridine rings is 1. The lowest BCUT2D eigenvalue weighted by Crippen LogP contribution is -2.40. The van der Waals surface area contributed by atoms with Crippen molar-refractivity contribution in [3.05, 3.63) is 98.7 Å². The highest BCUT2D eigenvalue weighted by Crippen LogP contribution is 2.68. The largest absolute Gasteiger partial charge is 0.465 e. The van der Waals surface area contributed by atoms with Crippen LogP contribution in [0.4, 0.5) is 48.7 Å². The smallest absolute Gasteiger partial charge is 0.435 e. The third-order valence-electron chi connectivity index (χ3n) is 11.7. The third-order valence-corrected chi connectivity index (χ3v) is 15.2. The Balaban J connectivity index is 1.43. The number of fused-ring (bicyclic) bond motifs is 4. The maximum atomic E-state index is 15.6. The van der Waals surface area contributed by atoms with E-state index in [1.807, 2.05) is 0 Å². The number of carbonyl (C=O) groups is 3. The second-order valence-corrected chi connectivity index (χ2v) is 22.3. The number of sulfone groups is 1. The summed E-state index contributed by atoms with van der Waals surface area (Å²) in [6.07, 6.45) is -12.1. The van der Waals surface area contributed by atoms with Gasteiger partial charge in [-0.05, 0) is 74.4 Å². The third kappa shape index (κ3) is 11.1. The van der Waals surface area contributed by atoms with E-state index in [0.29, 0.717) is 15.6 Å². The zero-order valence-electron chi connectivity index (χ0n) is 37.5. The van der Waals surface area contributed by atoms with Crippen molar-refractivity contribution in [3.63, 3.8) is 0 Å². The van der Waals surface area contributed by atoms with Crippen LogP contribution in [0.1, 0.15) is 71.8 Å². The van der Waals surface area contributed by atoms with Crippen molar-refractivity contribution in [1.29, 1.82) is 0 Å². The molecule has 3 aromatic heterocycles. The second-order valence-electron chi connectivity index (χ2n) is 17.6. The van der Waals surface area contributed by atoms with Gasteiger partial charge in [-0.3, -0.25) is 23.7 Å². The summed E-state index contributed by atoms with van der Waals surface area (Å²) in [5.41, 5.74) is -6.49. The Hall–Kier alpha value is -6.47. The molecule has 3 N–H and O–H groups in total. The molecule has 1 saturated carbocycles. The zero-order chi connectivity index (χ0) is 53.4. The Morgan fingerprint density at radius 1 is 0.958 bits per heavy atom. The van der Waals surface area contributed by atoms with E-state index in [2.05, 4.69) is 32.3 Å². The molecule has 29 heteroatoms. The molecule has 5 aromatic rings. The van der Waals surface area contributed by atoms with E-state index in [0.717, 1.165) is 49.7 Å². The van der Waals surface area contributed by atoms with E-state index in [9.17, 15) is 66.3 Å². The van der Waals surface area contributed by atoms with Crippen LogP contribution in [-0.4, -0.2) is 100 Å². The van der Waals surface area contributed by atoms with Crippen LogP contribution < -0.4 is 10.0 Å². The first-order valence-corrected chi connectivity index (χ1v) is 24.8. The van der Waals surface area contributed by atoms with Crippen molar-refractivity contribution in [2.45, 2.75) is 80.5 Å². The Morgan fingerprint density at radius 3 is 2.19 bits per heavy atom. The van der Waals surface area contributed by atoms with Crippen LogP contribution in [-0.2, 0) is 66.8 Å². The van der Waals surface area contributed by atoms with Gasteiger partial charge in [0.25, 0.3) is 11.8 Å². The first-order valence-electron chi connectivity index (χ1n) is 20.8.